The predicted molar refractivity (Wildman–Crippen MR) is 86.2 cm³/mol. The van der Waals surface area contributed by atoms with Gasteiger partial charge in [-0.2, -0.15) is 0 Å². The Morgan fingerprint density at radius 3 is 2.36 bits per heavy atom. The fraction of sp³-hybridized carbons (Fsp3) is 0.176. The van der Waals surface area contributed by atoms with Crippen molar-refractivity contribution >= 4 is 17.8 Å². The number of rotatable bonds is 5. The summed E-state index contributed by atoms with van der Waals surface area (Å²) < 4.78 is 10.4. The SMILES string of the molecule is COc1cc(/C=C/C(=O)Nc2ccc(C)cn2)cc(OC)c1. The topological polar surface area (TPSA) is 60.5 Å². The summed E-state index contributed by atoms with van der Waals surface area (Å²) in [5, 5.41) is 2.70. The maximum absolute atomic E-state index is 11.9. The molecule has 0 spiro atoms. The molecule has 5 nitrogen and oxygen atoms in total. The highest BCUT2D eigenvalue weighted by molar-refractivity contribution is 6.01. The van der Waals surface area contributed by atoms with Crippen molar-refractivity contribution in [1.29, 1.82) is 0 Å². The lowest BCUT2D eigenvalue weighted by Crippen LogP contribution is -2.08. The molecule has 1 N–H and O–H groups in total. The molecule has 0 atom stereocenters. The number of carbonyl (C=O) groups is 1. The molecular formula is C17H18N2O3. The van der Waals surface area contributed by atoms with Gasteiger partial charge in [0.15, 0.2) is 0 Å². The molecule has 1 heterocycles. The number of pyridine rings is 1. The molecule has 0 unspecified atom stereocenters. The Bertz CT molecular complexity index is 657. The minimum Gasteiger partial charge on any atom is -0.497 e. The summed E-state index contributed by atoms with van der Waals surface area (Å²) in [4.78, 5) is 16.0. The van der Waals surface area contributed by atoms with Gasteiger partial charge in [0.1, 0.15) is 17.3 Å². The van der Waals surface area contributed by atoms with Crippen LogP contribution in [0.3, 0.4) is 0 Å². The van der Waals surface area contributed by atoms with Crippen LogP contribution in [0, 0.1) is 6.92 Å². The molecule has 0 fully saturated rings. The van der Waals surface area contributed by atoms with Crippen molar-refractivity contribution in [2.45, 2.75) is 6.92 Å². The number of carbonyl (C=O) groups excluding carboxylic acids is 1. The molecule has 5 heteroatoms. The normalized spacial score (nSPS) is 10.5. The summed E-state index contributed by atoms with van der Waals surface area (Å²) in [6.45, 7) is 1.94. The van der Waals surface area contributed by atoms with Crippen LogP contribution in [0.25, 0.3) is 6.08 Å². The molecule has 114 valence electrons. The van der Waals surface area contributed by atoms with Crippen molar-refractivity contribution in [3.8, 4) is 11.5 Å². The third-order valence-corrected chi connectivity index (χ3v) is 2.96. The number of methoxy groups -OCH3 is 2. The number of aromatic nitrogens is 1. The highest BCUT2D eigenvalue weighted by Gasteiger charge is 2.01. The number of anilines is 1. The van der Waals surface area contributed by atoms with Gasteiger partial charge in [-0.15, -0.1) is 0 Å². The molecule has 0 aliphatic heterocycles. The Morgan fingerprint density at radius 1 is 1.14 bits per heavy atom. The van der Waals surface area contributed by atoms with Gasteiger partial charge in [0.05, 0.1) is 14.2 Å². The van der Waals surface area contributed by atoms with Gasteiger partial charge in [-0.05, 0) is 42.3 Å². The van der Waals surface area contributed by atoms with Crippen LogP contribution in [0.2, 0.25) is 0 Å². The van der Waals surface area contributed by atoms with E-state index < -0.39 is 0 Å². The largest absolute Gasteiger partial charge is 0.497 e. The number of aryl methyl sites for hydroxylation is 1. The molecule has 0 aliphatic rings. The van der Waals surface area contributed by atoms with Gasteiger partial charge >= 0.3 is 0 Å². The van der Waals surface area contributed by atoms with E-state index in [1.165, 1.54) is 6.08 Å². The number of nitrogens with zero attached hydrogens (tertiary/aromatic N) is 1. The molecule has 22 heavy (non-hydrogen) atoms. The van der Waals surface area contributed by atoms with Crippen LogP contribution in [-0.2, 0) is 4.79 Å². The summed E-state index contributed by atoms with van der Waals surface area (Å²) in [7, 11) is 3.16. The molecule has 0 bridgehead atoms. The van der Waals surface area contributed by atoms with Gasteiger partial charge in [-0.1, -0.05) is 6.07 Å². The van der Waals surface area contributed by atoms with E-state index in [2.05, 4.69) is 10.3 Å². The second-order valence-corrected chi connectivity index (χ2v) is 4.69. The minimum atomic E-state index is -0.252. The summed E-state index contributed by atoms with van der Waals surface area (Å²) in [5.41, 5.74) is 1.85. The summed E-state index contributed by atoms with van der Waals surface area (Å²) in [6, 6.07) is 9.05. The monoisotopic (exact) mass is 298 g/mol. The third-order valence-electron chi connectivity index (χ3n) is 2.96. The zero-order chi connectivity index (χ0) is 15.9. The molecule has 1 amide bonds. The van der Waals surface area contributed by atoms with Crippen molar-refractivity contribution in [1.82, 2.24) is 4.98 Å². The first-order valence-corrected chi connectivity index (χ1v) is 6.75. The molecule has 1 aromatic carbocycles. The Labute approximate surface area is 129 Å². The lowest BCUT2D eigenvalue weighted by Gasteiger charge is -2.06. The van der Waals surface area contributed by atoms with E-state index in [1.54, 1.807) is 38.6 Å². The van der Waals surface area contributed by atoms with Crippen molar-refractivity contribution in [2.75, 3.05) is 19.5 Å². The van der Waals surface area contributed by atoms with Crippen LogP contribution in [-0.4, -0.2) is 25.1 Å². The van der Waals surface area contributed by atoms with Crippen molar-refractivity contribution in [2.24, 2.45) is 0 Å². The Morgan fingerprint density at radius 2 is 1.82 bits per heavy atom. The van der Waals surface area contributed by atoms with Gasteiger partial charge in [0, 0.05) is 18.3 Å². The second kappa shape index (κ2) is 7.26. The van der Waals surface area contributed by atoms with Gasteiger partial charge in [0.25, 0.3) is 0 Å². The molecule has 0 aliphatic carbocycles. The molecule has 2 rings (SSSR count). The highest BCUT2D eigenvalue weighted by atomic mass is 16.5. The molecule has 0 saturated carbocycles. The first-order valence-electron chi connectivity index (χ1n) is 6.75. The molecule has 0 saturated heterocycles. The minimum absolute atomic E-state index is 0.252. The standard InChI is InChI=1S/C17H18N2O3/c1-12-4-6-16(18-11-12)19-17(20)7-5-13-8-14(21-2)10-15(9-13)22-3/h4-11H,1-3H3,(H,18,19,20)/b7-5+. The van der Waals surface area contributed by atoms with Gasteiger partial charge < -0.3 is 14.8 Å². The van der Waals surface area contributed by atoms with Crippen molar-refractivity contribution in [3.05, 3.63) is 53.7 Å². The van der Waals surface area contributed by atoms with Crippen LogP contribution in [0.1, 0.15) is 11.1 Å². The van der Waals surface area contributed by atoms with Gasteiger partial charge in [-0.25, -0.2) is 4.98 Å². The van der Waals surface area contributed by atoms with E-state index in [0.717, 1.165) is 11.1 Å². The smallest absolute Gasteiger partial charge is 0.249 e. The van der Waals surface area contributed by atoms with E-state index in [1.807, 2.05) is 25.1 Å². The zero-order valence-electron chi connectivity index (χ0n) is 12.8. The molecule has 2 aromatic rings. The average Bonchev–Trinajstić information content (AvgIpc) is 2.54. The maximum Gasteiger partial charge on any atom is 0.249 e. The van der Waals surface area contributed by atoms with E-state index in [4.69, 9.17) is 9.47 Å². The average molecular weight is 298 g/mol. The summed E-state index contributed by atoms with van der Waals surface area (Å²) in [6.07, 6.45) is 4.83. The van der Waals surface area contributed by atoms with Crippen molar-refractivity contribution in [3.63, 3.8) is 0 Å². The number of hydrogen-bond donors (Lipinski definition) is 1. The fourth-order valence-corrected chi connectivity index (χ4v) is 1.81. The third kappa shape index (κ3) is 4.34. The summed E-state index contributed by atoms with van der Waals surface area (Å²) >= 11 is 0. The van der Waals surface area contributed by atoms with Gasteiger partial charge in [-0.3, -0.25) is 4.79 Å². The predicted octanol–water partition coefficient (Wildman–Crippen LogP) is 3.06. The number of nitrogens with one attached hydrogen (secondary N) is 1. The quantitative estimate of drug-likeness (QED) is 0.862. The van der Waals surface area contributed by atoms with Gasteiger partial charge in [0.2, 0.25) is 5.91 Å². The van der Waals surface area contributed by atoms with Crippen LogP contribution < -0.4 is 14.8 Å². The van der Waals surface area contributed by atoms with Crippen LogP contribution in [0.4, 0.5) is 5.82 Å². The number of benzene rings is 1. The van der Waals surface area contributed by atoms with Crippen LogP contribution in [0.5, 0.6) is 11.5 Å². The van der Waals surface area contributed by atoms with E-state index in [-0.39, 0.29) is 5.91 Å². The Hall–Kier alpha value is -2.82. The zero-order valence-corrected chi connectivity index (χ0v) is 12.8. The lowest BCUT2D eigenvalue weighted by atomic mass is 10.2. The molecule has 0 radical (unpaired) electrons. The second-order valence-electron chi connectivity index (χ2n) is 4.69. The lowest BCUT2D eigenvalue weighted by molar-refractivity contribution is -0.111. The number of ether oxygens (including phenoxy) is 2. The summed E-state index contributed by atoms with van der Waals surface area (Å²) in [5.74, 6) is 1.60. The first-order chi connectivity index (χ1) is 10.6. The molecule has 1 aromatic heterocycles. The van der Waals surface area contributed by atoms with Crippen LogP contribution in [0.15, 0.2) is 42.6 Å². The van der Waals surface area contributed by atoms with E-state index >= 15 is 0 Å². The Balaban J connectivity index is 2.07. The van der Waals surface area contributed by atoms with Crippen LogP contribution >= 0.6 is 0 Å². The van der Waals surface area contributed by atoms with Crippen molar-refractivity contribution < 1.29 is 14.3 Å². The maximum atomic E-state index is 11.9. The molecular weight excluding hydrogens is 280 g/mol. The number of hydrogen-bond acceptors (Lipinski definition) is 4. The number of amides is 1. The first kappa shape index (κ1) is 15.6. The fourth-order valence-electron chi connectivity index (χ4n) is 1.81. The highest BCUT2D eigenvalue weighted by Crippen LogP contribution is 2.23. The Kier molecular flexibility index (Phi) is 5.14. The van der Waals surface area contributed by atoms with E-state index in [9.17, 15) is 4.79 Å². The van der Waals surface area contributed by atoms with E-state index in [0.29, 0.717) is 17.3 Å².